The maximum atomic E-state index is 12.8. The minimum atomic E-state index is -0.892. The zero-order valence-corrected chi connectivity index (χ0v) is 17.7. The highest BCUT2D eigenvalue weighted by Gasteiger charge is 2.52. The fraction of sp³-hybridized carbons (Fsp3) is 0.391. The number of rotatable bonds is 4. The number of aliphatic hydroxyl groups excluding tert-OH is 1. The molecule has 0 saturated carbocycles. The summed E-state index contributed by atoms with van der Waals surface area (Å²) in [6.45, 7) is 1.49. The third-order valence-corrected chi connectivity index (χ3v) is 6.24. The predicted octanol–water partition coefficient (Wildman–Crippen LogP) is 2.33. The first-order valence-electron chi connectivity index (χ1n) is 10.2. The first kappa shape index (κ1) is 20.4. The third kappa shape index (κ3) is 3.03. The molecule has 1 N–H and O–H groups in total. The average molecular weight is 442 g/mol. The molecule has 0 amide bonds. The van der Waals surface area contributed by atoms with E-state index in [0.717, 1.165) is 5.56 Å². The molecule has 0 spiro atoms. The molecule has 168 valence electrons. The van der Waals surface area contributed by atoms with Gasteiger partial charge in [-0.15, -0.1) is 0 Å². The molecule has 1 aliphatic carbocycles. The number of esters is 2. The Labute approximate surface area is 183 Å². The van der Waals surface area contributed by atoms with Crippen molar-refractivity contribution in [3.05, 3.63) is 41.0 Å². The number of aliphatic hydroxyl groups is 1. The molecule has 1 fully saturated rings. The van der Waals surface area contributed by atoms with Gasteiger partial charge in [0.15, 0.2) is 23.0 Å². The lowest BCUT2D eigenvalue weighted by Gasteiger charge is -2.37. The van der Waals surface area contributed by atoms with Crippen LogP contribution in [0.5, 0.6) is 28.7 Å². The summed E-state index contributed by atoms with van der Waals surface area (Å²) in [4.78, 5) is 24.4. The van der Waals surface area contributed by atoms with Crippen LogP contribution in [0.4, 0.5) is 0 Å². The Kier molecular flexibility index (Phi) is 4.85. The minimum Gasteiger partial charge on any atom is -0.493 e. The van der Waals surface area contributed by atoms with E-state index < -0.39 is 29.8 Å². The van der Waals surface area contributed by atoms with E-state index in [-0.39, 0.29) is 36.6 Å². The number of fused-ring (bicyclic) bond motifs is 3. The summed E-state index contributed by atoms with van der Waals surface area (Å²) in [6.07, 6.45) is -0.892. The Balaban J connectivity index is 1.72. The second-order valence-corrected chi connectivity index (χ2v) is 7.92. The van der Waals surface area contributed by atoms with Crippen molar-refractivity contribution in [1.29, 1.82) is 0 Å². The van der Waals surface area contributed by atoms with Crippen LogP contribution in [0, 0.1) is 11.8 Å². The molecule has 3 aliphatic rings. The van der Waals surface area contributed by atoms with Crippen LogP contribution in [-0.2, 0) is 14.3 Å². The maximum Gasteiger partial charge on any atom is 0.310 e. The third-order valence-electron chi connectivity index (χ3n) is 6.24. The molecule has 9 nitrogen and oxygen atoms in total. The van der Waals surface area contributed by atoms with Crippen LogP contribution in [0.3, 0.4) is 0 Å². The summed E-state index contributed by atoms with van der Waals surface area (Å²) in [5.41, 5.74) is 2.07. The number of hydrogen-bond donors (Lipinski definition) is 1. The number of cyclic esters (lactones) is 1. The highest BCUT2D eigenvalue weighted by Crippen LogP contribution is 2.55. The number of carbonyl (C=O) groups excluding carboxylic acids is 2. The van der Waals surface area contributed by atoms with Crippen molar-refractivity contribution in [2.75, 3.05) is 27.6 Å². The predicted molar refractivity (Wildman–Crippen MR) is 108 cm³/mol. The largest absolute Gasteiger partial charge is 0.493 e. The molecule has 1 unspecified atom stereocenters. The Morgan fingerprint density at radius 1 is 1.00 bits per heavy atom. The zero-order chi connectivity index (χ0) is 22.6. The molecule has 2 aromatic carbocycles. The first-order chi connectivity index (χ1) is 15.4. The van der Waals surface area contributed by atoms with Crippen molar-refractivity contribution in [2.24, 2.45) is 11.8 Å². The second kappa shape index (κ2) is 7.59. The van der Waals surface area contributed by atoms with Crippen LogP contribution in [0.2, 0.25) is 0 Å². The Morgan fingerprint density at radius 2 is 1.62 bits per heavy atom. The van der Waals surface area contributed by atoms with E-state index in [0.29, 0.717) is 22.6 Å². The first-order valence-corrected chi connectivity index (χ1v) is 10.2. The van der Waals surface area contributed by atoms with Gasteiger partial charge < -0.3 is 33.5 Å². The van der Waals surface area contributed by atoms with Crippen molar-refractivity contribution >= 4 is 11.9 Å². The van der Waals surface area contributed by atoms with E-state index in [1.165, 1.54) is 21.1 Å². The van der Waals surface area contributed by atoms with E-state index in [1.807, 2.05) is 0 Å². The van der Waals surface area contributed by atoms with Gasteiger partial charge in [-0.3, -0.25) is 9.59 Å². The van der Waals surface area contributed by atoms with Crippen LogP contribution >= 0.6 is 0 Å². The molecule has 9 heteroatoms. The van der Waals surface area contributed by atoms with E-state index >= 15 is 0 Å². The molecule has 32 heavy (non-hydrogen) atoms. The van der Waals surface area contributed by atoms with E-state index in [9.17, 15) is 14.7 Å². The molecule has 0 aromatic heterocycles. The normalized spacial score (nSPS) is 24.9. The average Bonchev–Trinajstić information content (AvgIpc) is 3.39. The SMILES string of the molecule is COc1cc([C@@H]2c3cc4c(cc3[C@@H](O)C3COC(=O)[C@@H]32)OCO4)cc(OC)c1OC(C)=O. The number of methoxy groups -OCH3 is 2. The van der Waals surface area contributed by atoms with Crippen molar-refractivity contribution in [3.63, 3.8) is 0 Å². The van der Waals surface area contributed by atoms with Gasteiger partial charge in [0.1, 0.15) is 0 Å². The van der Waals surface area contributed by atoms with Crippen LogP contribution in [-0.4, -0.2) is 44.7 Å². The Bertz CT molecular complexity index is 1080. The van der Waals surface area contributed by atoms with Crippen molar-refractivity contribution in [1.82, 2.24) is 0 Å². The second-order valence-electron chi connectivity index (χ2n) is 7.92. The van der Waals surface area contributed by atoms with Crippen LogP contribution in [0.15, 0.2) is 24.3 Å². The molecule has 0 bridgehead atoms. The summed E-state index contributed by atoms with van der Waals surface area (Å²) >= 11 is 0. The topological polar surface area (TPSA) is 110 Å². The summed E-state index contributed by atoms with van der Waals surface area (Å²) in [5.74, 6) is -0.617. The molecule has 2 aromatic rings. The smallest absolute Gasteiger partial charge is 0.310 e. The van der Waals surface area contributed by atoms with E-state index in [2.05, 4.69) is 0 Å². The van der Waals surface area contributed by atoms with Crippen molar-refractivity contribution in [3.8, 4) is 28.7 Å². The van der Waals surface area contributed by atoms with Crippen LogP contribution < -0.4 is 23.7 Å². The van der Waals surface area contributed by atoms with Crippen molar-refractivity contribution < 1.29 is 43.1 Å². The van der Waals surface area contributed by atoms with Gasteiger partial charge in [0.05, 0.1) is 32.8 Å². The number of carbonyl (C=O) groups is 2. The highest BCUT2D eigenvalue weighted by atomic mass is 16.7. The lowest BCUT2D eigenvalue weighted by molar-refractivity contribution is -0.141. The fourth-order valence-electron chi connectivity index (χ4n) is 4.86. The van der Waals surface area contributed by atoms with Gasteiger partial charge in [-0.2, -0.15) is 0 Å². The molecule has 0 radical (unpaired) electrons. The number of ether oxygens (including phenoxy) is 6. The van der Waals surface area contributed by atoms with Gasteiger partial charge in [-0.05, 0) is 41.0 Å². The minimum absolute atomic E-state index is 0.0899. The fourth-order valence-corrected chi connectivity index (χ4v) is 4.86. The van der Waals surface area contributed by atoms with Gasteiger partial charge in [0.2, 0.25) is 12.5 Å². The highest BCUT2D eigenvalue weighted by molar-refractivity contribution is 5.79. The Hall–Kier alpha value is -3.46. The van der Waals surface area contributed by atoms with E-state index in [4.69, 9.17) is 28.4 Å². The monoisotopic (exact) mass is 442 g/mol. The molecule has 2 aliphatic heterocycles. The van der Waals surface area contributed by atoms with Crippen molar-refractivity contribution in [2.45, 2.75) is 18.9 Å². The van der Waals surface area contributed by atoms with E-state index in [1.54, 1.807) is 24.3 Å². The van der Waals surface area contributed by atoms with Gasteiger partial charge >= 0.3 is 11.9 Å². The summed E-state index contributed by atoms with van der Waals surface area (Å²) in [7, 11) is 2.91. The lowest BCUT2D eigenvalue weighted by atomic mass is 9.66. The molecule has 5 rings (SSSR count). The molecule has 1 saturated heterocycles. The van der Waals surface area contributed by atoms with Crippen LogP contribution in [0.25, 0.3) is 0 Å². The quantitative estimate of drug-likeness (QED) is 0.563. The zero-order valence-electron chi connectivity index (χ0n) is 17.7. The lowest BCUT2D eigenvalue weighted by Crippen LogP contribution is -2.34. The molecule has 2 heterocycles. The maximum absolute atomic E-state index is 12.8. The number of hydrogen-bond acceptors (Lipinski definition) is 9. The molecule has 4 atom stereocenters. The van der Waals surface area contributed by atoms with Crippen LogP contribution in [0.1, 0.15) is 35.6 Å². The standard InChI is InChI=1S/C23H22O9/c1-10(24)32-22-17(27-2)4-11(5-18(22)28-3)19-12-6-15-16(31-9-30-15)7-13(12)21(25)14-8-29-23(26)20(14)19/h4-7,14,19-21,25H,8-9H2,1-3H3/t14?,19-,20+,21-/m1/s1. The van der Waals surface area contributed by atoms with Gasteiger partial charge in [-0.25, -0.2) is 0 Å². The van der Waals surface area contributed by atoms with Gasteiger partial charge in [-0.1, -0.05) is 0 Å². The molecular weight excluding hydrogens is 420 g/mol. The van der Waals surface area contributed by atoms with Gasteiger partial charge in [0, 0.05) is 18.8 Å². The van der Waals surface area contributed by atoms with Gasteiger partial charge in [0.25, 0.3) is 0 Å². The summed E-state index contributed by atoms with van der Waals surface area (Å²) < 4.78 is 32.6. The summed E-state index contributed by atoms with van der Waals surface area (Å²) in [5, 5.41) is 11.1. The Morgan fingerprint density at radius 3 is 2.22 bits per heavy atom. The summed E-state index contributed by atoms with van der Waals surface area (Å²) in [6, 6.07) is 6.97. The number of benzene rings is 2. The molecular formula is C23H22O9.